The molecular weight excluding hydrogens is 410 g/mol. The van der Waals surface area contributed by atoms with Crippen molar-refractivity contribution in [1.82, 2.24) is 15.1 Å². The fraction of sp³-hybridized carbons (Fsp3) is 0.500. The second-order valence-electron chi connectivity index (χ2n) is 9.30. The van der Waals surface area contributed by atoms with Crippen LogP contribution in [0.4, 0.5) is 0 Å². The summed E-state index contributed by atoms with van der Waals surface area (Å²) in [5, 5.41) is 3.17. The quantitative estimate of drug-likeness (QED) is 0.596. The molecular formula is C28H39N3O2. The zero-order valence-corrected chi connectivity index (χ0v) is 20.6. The van der Waals surface area contributed by atoms with Crippen molar-refractivity contribution in [3.05, 3.63) is 71.3 Å². The molecule has 1 unspecified atom stereocenters. The summed E-state index contributed by atoms with van der Waals surface area (Å²) in [4.78, 5) is 30.2. The predicted molar refractivity (Wildman–Crippen MR) is 134 cm³/mol. The maximum Gasteiger partial charge on any atom is 0.251 e. The first kappa shape index (κ1) is 25.0. The first-order chi connectivity index (χ1) is 15.9. The molecule has 33 heavy (non-hydrogen) atoms. The third-order valence-corrected chi connectivity index (χ3v) is 6.79. The zero-order valence-electron chi connectivity index (χ0n) is 20.6. The van der Waals surface area contributed by atoms with E-state index in [0.717, 1.165) is 37.9 Å². The molecule has 0 saturated carbocycles. The van der Waals surface area contributed by atoms with Gasteiger partial charge in [-0.05, 0) is 62.9 Å². The Bertz CT molecular complexity index is 887. The molecule has 1 N–H and O–H groups in total. The summed E-state index contributed by atoms with van der Waals surface area (Å²) in [6, 6.07) is 18.6. The van der Waals surface area contributed by atoms with E-state index in [-0.39, 0.29) is 23.8 Å². The molecule has 1 fully saturated rings. The highest BCUT2D eigenvalue weighted by molar-refractivity contribution is 5.94. The summed E-state index contributed by atoms with van der Waals surface area (Å²) in [6.07, 6.45) is 2.38. The molecule has 1 saturated heterocycles. The summed E-state index contributed by atoms with van der Waals surface area (Å²) in [5.41, 5.74) is 3.00. The zero-order chi connectivity index (χ0) is 23.8. The van der Waals surface area contributed by atoms with Crippen molar-refractivity contribution in [3.8, 4) is 0 Å². The number of carbonyl (C=O) groups is 2. The number of amides is 2. The van der Waals surface area contributed by atoms with Crippen molar-refractivity contribution in [2.75, 3.05) is 19.6 Å². The molecule has 2 amide bonds. The summed E-state index contributed by atoms with van der Waals surface area (Å²) in [5.74, 6) is 0.0834. The van der Waals surface area contributed by atoms with E-state index < -0.39 is 0 Å². The number of benzene rings is 2. The molecule has 1 aliphatic rings. The van der Waals surface area contributed by atoms with Gasteiger partial charge in [0.25, 0.3) is 5.91 Å². The summed E-state index contributed by atoms with van der Waals surface area (Å²) < 4.78 is 0. The molecule has 0 aliphatic carbocycles. The lowest BCUT2D eigenvalue weighted by Crippen LogP contribution is -2.47. The summed E-state index contributed by atoms with van der Waals surface area (Å²) in [6.45, 7) is 11.9. The lowest BCUT2D eigenvalue weighted by atomic mass is 9.93. The van der Waals surface area contributed by atoms with Crippen LogP contribution < -0.4 is 5.32 Å². The number of piperidine rings is 1. The lowest BCUT2D eigenvalue weighted by Gasteiger charge is -2.34. The van der Waals surface area contributed by atoms with Gasteiger partial charge in [-0.15, -0.1) is 0 Å². The van der Waals surface area contributed by atoms with Gasteiger partial charge in [-0.25, -0.2) is 0 Å². The number of likely N-dealkylation sites (tertiary alicyclic amines) is 1. The Balaban J connectivity index is 1.50. The molecule has 0 radical (unpaired) electrons. The van der Waals surface area contributed by atoms with Crippen LogP contribution in [0.3, 0.4) is 0 Å². The maximum absolute atomic E-state index is 13.1. The van der Waals surface area contributed by atoms with Crippen LogP contribution in [0.15, 0.2) is 54.6 Å². The van der Waals surface area contributed by atoms with Crippen molar-refractivity contribution >= 4 is 11.8 Å². The number of nitrogens with zero attached hydrogens (tertiary/aromatic N) is 2. The Labute approximate surface area is 199 Å². The second kappa shape index (κ2) is 12.0. The van der Waals surface area contributed by atoms with E-state index in [1.807, 2.05) is 47.4 Å². The van der Waals surface area contributed by atoms with Gasteiger partial charge in [0.05, 0.1) is 5.92 Å². The third kappa shape index (κ3) is 6.67. The SMILES string of the molecule is CCC(C(=O)N1CCC(NC(=O)c2ccc(CN(CC)C(C)C)cc2)CC1)c1ccccc1. The van der Waals surface area contributed by atoms with Crippen LogP contribution in [-0.4, -0.2) is 53.3 Å². The Morgan fingerprint density at radius 2 is 1.64 bits per heavy atom. The fourth-order valence-corrected chi connectivity index (χ4v) is 4.63. The molecule has 2 aromatic carbocycles. The largest absolute Gasteiger partial charge is 0.349 e. The number of carbonyl (C=O) groups excluding carboxylic acids is 2. The fourth-order valence-electron chi connectivity index (χ4n) is 4.63. The number of rotatable bonds is 9. The average Bonchev–Trinajstić information content (AvgIpc) is 2.84. The van der Waals surface area contributed by atoms with Crippen molar-refractivity contribution in [2.45, 2.75) is 71.5 Å². The normalized spacial score (nSPS) is 15.6. The van der Waals surface area contributed by atoms with E-state index in [1.165, 1.54) is 5.56 Å². The van der Waals surface area contributed by atoms with Crippen LogP contribution in [0.1, 0.15) is 74.4 Å². The van der Waals surface area contributed by atoms with Crippen molar-refractivity contribution in [3.63, 3.8) is 0 Å². The van der Waals surface area contributed by atoms with Gasteiger partial charge in [0.15, 0.2) is 0 Å². The van der Waals surface area contributed by atoms with Crippen LogP contribution >= 0.6 is 0 Å². The van der Waals surface area contributed by atoms with Crippen molar-refractivity contribution in [1.29, 1.82) is 0 Å². The molecule has 3 rings (SSSR count). The second-order valence-corrected chi connectivity index (χ2v) is 9.30. The van der Waals surface area contributed by atoms with Crippen molar-refractivity contribution < 1.29 is 9.59 Å². The third-order valence-electron chi connectivity index (χ3n) is 6.79. The minimum absolute atomic E-state index is 0.0294. The number of hydrogen-bond acceptors (Lipinski definition) is 3. The van der Waals surface area contributed by atoms with Crippen LogP contribution in [0, 0.1) is 0 Å². The smallest absolute Gasteiger partial charge is 0.251 e. The average molecular weight is 450 g/mol. The van der Waals surface area contributed by atoms with E-state index in [4.69, 9.17) is 0 Å². The molecule has 178 valence electrons. The molecule has 2 aromatic rings. The number of hydrogen-bond donors (Lipinski definition) is 1. The highest BCUT2D eigenvalue weighted by atomic mass is 16.2. The summed E-state index contributed by atoms with van der Waals surface area (Å²) in [7, 11) is 0. The molecule has 0 spiro atoms. The van der Waals surface area contributed by atoms with Crippen LogP contribution in [0.2, 0.25) is 0 Å². The van der Waals surface area contributed by atoms with E-state index in [9.17, 15) is 9.59 Å². The molecule has 1 heterocycles. The highest BCUT2D eigenvalue weighted by Crippen LogP contribution is 2.24. The molecule has 0 aromatic heterocycles. The molecule has 1 aliphatic heterocycles. The minimum atomic E-state index is -0.0878. The van der Waals surface area contributed by atoms with Gasteiger partial charge in [-0.3, -0.25) is 14.5 Å². The number of nitrogens with one attached hydrogen (secondary N) is 1. The van der Waals surface area contributed by atoms with Gasteiger partial charge in [0.1, 0.15) is 0 Å². The lowest BCUT2D eigenvalue weighted by molar-refractivity contribution is -0.134. The summed E-state index contributed by atoms with van der Waals surface area (Å²) >= 11 is 0. The maximum atomic E-state index is 13.1. The van der Waals surface area contributed by atoms with Crippen LogP contribution in [0.5, 0.6) is 0 Å². The van der Waals surface area contributed by atoms with Gasteiger partial charge in [0, 0.05) is 37.3 Å². The Morgan fingerprint density at radius 3 is 2.18 bits per heavy atom. The van der Waals surface area contributed by atoms with E-state index >= 15 is 0 Å². The molecule has 5 heteroatoms. The molecule has 5 nitrogen and oxygen atoms in total. The van der Waals surface area contributed by atoms with Gasteiger partial charge in [0.2, 0.25) is 5.91 Å². The Kier molecular flexibility index (Phi) is 9.07. The topological polar surface area (TPSA) is 52.7 Å². The van der Waals surface area contributed by atoms with Crippen LogP contribution in [-0.2, 0) is 11.3 Å². The Hall–Kier alpha value is -2.66. The molecule has 1 atom stereocenters. The van der Waals surface area contributed by atoms with E-state index in [0.29, 0.717) is 24.7 Å². The van der Waals surface area contributed by atoms with Gasteiger partial charge < -0.3 is 10.2 Å². The predicted octanol–water partition coefficient (Wildman–Crippen LogP) is 4.83. The molecule has 0 bridgehead atoms. The monoisotopic (exact) mass is 449 g/mol. The first-order valence-electron chi connectivity index (χ1n) is 12.4. The van der Waals surface area contributed by atoms with Gasteiger partial charge in [-0.1, -0.05) is 56.3 Å². The van der Waals surface area contributed by atoms with Gasteiger partial charge >= 0.3 is 0 Å². The highest BCUT2D eigenvalue weighted by Gasteiger charge is 2.28. The Morgan fingerprint density at radius 1 is 1.00 bits per heavy atom. The minimum Gasteiger partial charge on any atom is -0.349 e. The first-order valence-corrected chi connectivity index (χ1v) is 12.4. The van der Waals surface area contributed by atoms with Crippen LogP contribution in [0.25, 0.3) is 0 Å². The van der Waals surface area contributed by atoms with Gasteiger partial charge in [-0.2, -0.15) is 0 Å². The van der Waals surface area contributed by atoms with Crippen molar-refractivity contribution in [2.24, 2.45) is 0 Å². The van der Waals surface area contributed by atoms with E-state index in [2.05, 4.69) is 50.0 Å². The standard InChI is InChI=1S/C28H39N3O2/c1-5-26(23-10-8-7-9-11-23)28(33)31-18-16-25(17-19-31)29-27(32)24-14-12-22(13-15-24)20-30(6-2)21(3)4/h7-15,21,25-26H,5-6,16-20H2,1-4H3,(H,29,32). The van der Waals surface area contributed by atoms with E-state index in [1.54, 1.807) is 0 Å².